The lowest BCUT2D eigenvalue weighted by atomic mass is 10.1. The van der Waals surface area contributed by atoms with E-state index in [0.29, 0.717) is 57.6 Å². The van der Waals surface area contributed by atoms with Gasteiger partial charge in [0.1, 0.15) is 0 Å². The van der Waals surface area contributed by atoms with Crippen LogP contribution in [-0.2, 0) is 4.79 Å². The van der Waals surface area contributed by atoms with Crippen LogP contribution in [0.15, 0.2) is 47.3 Å². The number of halogens is 3. The summed E-state index contributed by atoms with van der Waals surface area (Å²) in [5.41, 5.74) is 0.643. The Morgan fingerprint density at radius 1 is 1.03 bits per heavy atom. The van der Waals surface area contributed by atoms with Gasteiger partial charge in [0.05, 0.1) is 10.7 Å². The molecule has 0 unspecified atom stereocenters. The molecule has 2 aromatic carbocycles. The van der Waals surface area contributed by atoms with Gasteiger partial charge in [0.2, 0.25) is 11.9 Å². The SMILES string of the molecule is CCC(=O)NC1CCN(c2nc(-c3ccc(Cl)cc3Cl)n(-c3ccc(Cl)cc3)c(=O)n2)CC1. The normalized spacial score (nSPS) is 14.4. The van der Waals surface area contributed by atoms with Crippen molar-refractivity contribution in [3.05, 3.63) is 68.0 Å². The third-order valence-corrected chi connectivity index (χ3v) is 6.33. The van der Waals surface area contributed by atoms with E-state index in [4.69, 9.17) is 39.8 Å². The fraction of sp³-hybridized carbons (Fsp3) is 0.304. The molecule has 0 aliphatic carbocycles. The second kappa shape index (κ2) is 10.1. The summed E-state index contributed by atoms with van der Waals surface area (Å²) in [6, 6.07) is 12.0. The molecule has 0 saturated carbocycles. The molecule has 0 atom stereocenters. The molecule has 1 amide bonds. The van der Waals surface area contributed by atoms with Gasteiger partial charge in [-0.05, 0) is 55.3 Å². The van der Waals surface area contributed by atoms with Crippen molar-refractivity contribution >= 4 is 46.7 Å². The van der Waals surface area contributed by atoms with Gasteiger partial charge in [-0.3, -0.25) is 4.79 Å². The average molecular weight is 507 g/mol. The molecule has 1 N–H and O–H groups in total. The van der Waals surface area contributed by atoms with Gasteiger partial charge in [0, 0.05) is 41.2 Å². The summed E-state index contributed by atoms with van der Waals surface area (Å²) in [4.78, 5) is 35.9. The molecule has 10 heteroatoms. The predicted octanol–water partition coefficient (Wildman–Crippen LogP) is 4.75. The van der Waals surface area contributed by atoms with Crippen LogP contribution in [-0.4, -0.2) is 39.6 Å². The molecule has 3 aromatic rings. The third-order valence-electron chi connectivity index (χ3n) is 5.53. The molecule has 1 aromatic heterocycles. The highest BCUT2D eigenvalue weighted by atomic mass is 35.5. The fourth-order valence-electron chi connectivity index (χ4n) is 3.77. The summed E-state index contributed by atoms with van der Waals surface area (Å²) in [7, 11) is 0. The maximum atomic E-state index is 13.2. The molecule has 172 valence electrons. The van der Waals surface area contributed by atoms with Crippen molar-refractivity contribution in [1.29, 1.82) is 0 Å². The van der Waals surface area contributed by atoms with Crippen LogP contribution >= 0.6 is 34.8 Å². The number of hydrogen-bond donors (Lipinski definition) is 1. The molecule has 1 fully saturated rings. The zero-order valence-corrected chi connectivity index (χ0v) is 20.2. The van der Waals surface area contributed by atoms with Crippen molar-refractivity contribution in [2.75, 3.05) is 18.0 Å². The Hall–Kier alpha value is -2.61. The fourth-order valence-corrected chi connectivity index (χ4v) is 4.38. The molecule has 7 nitrogen and oxygen atoms in total. The molecule has 0 spiro atoms. The quantitative estimate of drug-likeness (QED) is 0.540. The van der Waals surface area contributed by atoms with Crippen LogP contribution in [0.1, 0.15) is 26.2 Å². The van der Waals surface area contributed by atoms with Crippen molar-refractivity contribution in [3.8, 4) is 17.1 Å². The van der Waals surface area contributed by atoms with Gasteiger partial charge >= 0.3 is 5.69 Å². The molecule has 0 radical (unpaired) electrons. The Balaban J connectivity index is 1.74. The first kappa shape index (κ1) is 23.5. The summed E-state index contributed by atoms with van der Waals surface area (Å²) in [6.07, 6.45) is 1.94. The smallest absolute Gasteiger partial charge is 0.353 e. The Morgan fingerprint density at radius 2 is 1.70 bits per heavy atom. The summed E-state index contributed by atoms with van der Waals surface area (Å²) in [5.74, 6) is 0.719. The van der Waals surface area contributed by atoms with Gasteiger partial charge in [0.15, 0.2) is 5.82 Å². The van der Waals surface area contributed by atoms with Crippen LogP contribution in [0.2, 0.25) is 15.1 Å². The Morgan fingerprint density at radius 3 is 2.33 bits per heavy atom. The number of aromatic nitrogens is 3. The lowest BCUT2D eigenvalue weighted by Crippen LogP contribution is -2.45. The number of carbonyl (C=O) groups excluding carboxylic acids is 1. The van der Waals surface area contributed by atoms with Gasteiger partial charge < -0.3 is 10.2 Å². The number of rotatable bonds is 5. The Kier molecular flexibility index (Phi) is 7.22. The maximum absolute atomic E-state index is 13.2. The Bertz CT molecular complexity index is 1220. The van der Waals surface area contributed by atoms with E-state index in [1.807, 2.05) is 11.8 Å². The van der Waals surface area contributed by atoms with Crippen molar-refractivity contribution < 1.29 is 4.79 Å². The van der Waals surface area contributed by atoms with Gasteiger partial charge in [-0.25, -0.2) is 9.36 Å². The molecule has 1 saturated heterocycles. The number of nitrogens with zero attached hydrogens (tertiary/aromatic N) is 4. The number of carbonyl (C=O) groups is 1. The average Bonchev–Trinajstić information content (AvgIpc) is 2.80. The van der Waals surface area contributed by atoms with E-state index in [1.54, 1.807) is 42.5 Å². The minimum Gasteiger partial charge on any atom is -0.353 e. The van der Waals surface area contributed by atoms with Gasteiger partial charge in [-0.1, -0.05) is 41.7 Å². The molecule has 1 aliphatic rings. The zero-order chi connectivity index (χ0) is 23.5. The van der Waals surface area contributed by atoms with Crippen LogP contribution in [0.4, 0.5) is 5.95 Å². The highest BCUT2D eigenvalue weighted by Gasteiger charge is 2.24. The van der Waals surface area contributed by atoms with Crippen LogP contribution in [0, 0.1) is 0 Å². The highest BCUT2D eigenvalue weighted by molar-refractivity contribution is 6.36. The largest absolute Gasteiger partial charge is 0.357 e. The van der Waals surface area contributed by atoms with E-state index in [0.717, 1.165) is 12.8 Å². The molecule has 33 heavy (non-hydrogen) atoms. The van der Waals surface area contributed by atoms with Crippen molar-refractivity contribution in [3.63, 3.8) is 0 Å². The number of hydrogen-bond acceptors (Lipinski definition) is 5. The van der Waals surface area contributed by atoms with E-state index in [9.17, 15) is 9.59 Å². The first-order valence-corrected chi connectivity index (χ1v) is 11.8. The summed E-state index contributed by atoms with van der Waals surface area (Å²) >= 11 is 18.6. The lowest BCUT2D eigenvalue weighted by Gasteiger charge is -2.32. The second-order valence-electron chi connectivity index (χ2n) is 7.75. The van der Waals surface area contributed by atoms with Crippen LogP contribution < -0.4 is 15.9 Å². The third kappa shape index (κ3) is 5.32. The second-order valence-corrected chi connectivity index (χ2v) is 9.03. The van der Waals surface area contributed by atoms with Crippen molar-refractivity contribution in [2.45, 2.75) is 32.2 Å². The minimum atomic E-state index is -0.482. The lowest BCUT2D eigenvalue weighted by molar-refractivity contribution is -0.121. The van der Waals surface area contributed by atoms with Crippen molar-refractivity contribution in [1.82, 2.24) is 19.9 Å². The van der Waals surface area contributed by atoms with Crippen LogP contribution in [0.25, 0.3) is 17.1 Å². The van der Waals surface area contributed by atoms with E-state index in [1.165, 1.54) is 4.57 Å². The predicted molar refractivity (Wildman–Crippen MR) is 132 cm³/mol. The zero-order valence-electron chi connectivity index (χ0n) is 17.9. The Labute approximate surface area is 206 Å². The highest BCUT2D eigenvalue weighted by Crippen LogP contribution is 2.31. The summed E-state index contributed by atoms with van der Waals surface area (Å²) in [5, 5.41) is 4.43. The van der Waals surface area contributed by atoms with Gasteiger partial charge in [0.25, 0.3) is 0 Å². The van der Waals surface area contributed by atoms with Crippen molar-refractivity contribution in [2.24, 2.45) is 0 Å². The standard InChI is InChI=1S/C23H22Cl3N5O2/c1-2-20(32)27-16-9-11-30(12-10-16)22-28-21(18-8-5-15(25)13-19(18)26)31(23(33)29-22)17-6-3-14(24)4-7-17/h3-8,13,16H,2,9-12H2,1H3,(H,27,32). The molecular weight excluding hydrogens is 485 g/mol. The van der Waals surface area contributed by atoms with E-state index in [2.05, 4.69) is 10.3 Å². The molecule has 2 heterocycles. The summed E-state index contributed by atoms with van der Waals surface area (Å²) < 4.78 is 1.41. The minimum absolute atomic E-state index is 0.0370. The molecule has 0 bridgehead atoms. The molecule has 1 aliphatic heterocycles. The van der Waals surface area contributed by atoms with E-state index >= 15 is 0 Å². The monoisotopic (exact) mass is 505 g/mol. The van der Waals surface area contributed by atoms with Gasteiger partial charge in [-0.2, -0.15) is 9.97 Å². The van der Waals surface area contributed by atoms with E-state index in [-0.39, 0.29) is 11.9 Å². The van der Waals surface area contributed by atoms with Crippen LogP contribution in [0.5, 0.6) is 0 Å². The number of piperidine rings is 1. The van der Waals surface area contributed by atoms with E-state index < -0.39 is 5.69 Å². The van der Waals surface area contributed by atoms with Crippen LogP contribution in [0.3, 0.4) is 0 Å². The number of benzene rings is 2. The summed E-state index contributed by atoms with van der Waals surface area (Å²) in [6.45, 7) is 3.07. The molecular formula is C23H22Cl3N5O2. The molecule has 4 rings (SSSR count). The van der Waals surface area contributed by atoms with Gasteiger partial charge in [-0.15, -0.1) is 0 Å². The first-order chi connectivity index (χ1) is 15.9. The number of anilines is 1. The number of nitrogens with one attached hydrogen (secondary N) is 1. The maximum Gasteiger partial charge on any atom is 0.357 e. The first-order valence-electron chi connectivity index (χ1n) is 10.6. The topological polar surface area (TPSA) is 80.1 Å². The number of amides is 1.